The lowest BCUT2D eigenvalue weighted by atomic mass is 10.3. The summed E-state index contributed by atoms with van der Waals surface area (Å²) in [7, 11) is 0. The van der Waals surface area contributed by atoms with Gasteiger partial charge in [-0.05, 0) is 18.7 Å². The Morgan fingerprint density at radius 1 is 1.62 bits per heavy atom. The van der Waals surface area contributed by atoms with Crippen LogP contribution in [0.3, 0.4) is 0 Å². The Labute approximate surface area is 48.0 Å². The van der Waals surface area contributed by atoms with Crippen molar-refractivity contribution in [3.8, 4) is 0 Å². The number of hydrogen-bond donors (Lipinski definition) is 1. The van der Waals surface area contributed by atoms with Crippen LogP contribution in [0.2, 0.25) is 0 Å². The van der Waals surface area contributed by atoms with Gasteiger partial charge in [0.25, 0.3) is 0 Å². The van der Waals surface area contributed by atoms with Crippen molar-refractivity contribution < 1.29 is 0 Å². The Morgan fingerprint density at radius 2 is 2.38 bits per heavy atom. The molecule has 2 nitrogen and oxygen atoms in total. The fourth-order valence-corrected chi connectivity index (χ4v) is 0.554. The first-order valence-electron chi connectivity index (χ1n) is 2.35. The van der Waals surface area contributed by atoms with Crippen LogP contribution in [0.15, 0.2) is 12.4 Å². The lowest BCUT2D eigenvalue weighted by molar-refractivity contribution is 1.39. The van der Waals surface area contributed by atoms with Gasteiger partial charge in [0, 0.05) is 6.20 Å². The van der Waals surface area contributed by atoms with Crippen LogP contribution in [0, 0.1) is 13.5 Å². The van der Waals surface area contributed by atoms with E-state index in [-0.39, 0.29) is 0 Å². The van der Waals surface area contributed by atoms with E-state index in [1.165, 1.54) is 0 Å². The minimum absolute atomic E-state index is 0.713. The van der Waals surface area contributed by atoms with E-state index < -0.39 is 0 Å². The van der Waals surface area contributed by atoms with E-state index in [1.807, 2.05) is 13.1 Å². The predicted molar refractivity (Wildman–Crippen MR) is 31.8 cm³/mol. The van der Waals surface area contributed by atoms with Crippen LogP contribution >= 0.6 is 0 Å². The van der Waals surface area contributed by atoms with Gasteiger partial charge in [-0.2, -0.15) is 0 Å². The second kappa shape index (κ2) is 1.71. The summed E-state index contributed by atoms with van der Waals surface area (Å²) in [5.74, 6) is 0. The van der Waals surface area contributed by atoms with E-state index in [4.69, 9.17) is 6.57 Å². The lowest BCUT2D eigenvalue weighted by Gasteiger charge is -1.77. The topological polar surface area (TPSA) is 20.1 Å². The molecule has 40 valence electrons. The van der Waals surface area contributed by atoms with Crippen molar-refractivity contribution in [1.29, 1.82) is 0 Å². The Balaban J connectivity index is 3.15. The Bertz CT molecular complexity index is 217. The molecular weight excluding hydrogens is 100 g/mol. The van der Waals surface area contributed by atoms with Gasteiger partial charge in [0.15, 0.2) is 0 Å². The highest BCUT2D eigenvalue weighted by atomic mass is 14.7. The Kier molecular flexibility index (Phi) is 1.05. The molecule has 1 heterocycles. The number of aromatic nitrogens is 1. The number of aromatic amines is 1. The van der Waals surface area contributed by atoms with Gasteiger partial charge in [-0.3, -0.25) is 0 Å². The van der Waals surface area contributed by atoms with Crippen molar-refractivity contribution in [3.63, 3.8) is 0 Å². The van der Waals surface area contributed by atoms with Crippen LogP contribution in [0.1, 0.15) is 5.56 Å². The fourth-order valence-electron chi connectivity index (χ4n) is 0.554. The van der Waals surface area contributed by atoms with Crippen molar-refractivity contribution in [2.75, 3.05) is 0 Å². The molecule has 2 heteroatoms. The molecule has 0 spiro atoms. The molecule has 0 amide bonds. The van der Waals surface area contributed by atoms with Crippen LogP contribution < -0.4 is 0 Å². The standard InChI is InChI=1S/C6H6N2/c1-5-3-8-4-6(5)7-2/h3-4,8H,1H3. The number of nitrogens with zero attached hydrogens (tertiary/aromatic N) is 1. The van der Waals surface area contributed by atoms with Crippen LogP contribution in [-0.4, -0.2) is 4.98 Å². The summed E-state index contributed by atoms with van der Waals surface area (Å²) in [6, 6.07) is 0. The highest BCUT2D eigenvalue weighted by Gasteiger charge is 1.92. The fraction of sp³-hybridized carbons (Fsp3) is 0.167. The molecule has 1 rings (SSSR count). The van der Waals surface area contributed by atoms with Gasteiger partial charge in [-0.15, -0.1) is 0 Å². The molecule has 1 aromatic heterocycles. The highest BCUT2D eigenvalue weighted by Crippen LogP contribution is 2.15. The van der Waals surface area contributed by atoms with E-state index in [9.17, 15) is 0 Å². The number of nitrogens with one attached hydrogen (secondary N) is 1. The van der Waals surface area contributed by atoms with Gasteiger partial charge in [-0.25, -0.2) is 4.85 Å². The van der Waals surface area contributed by atoms with E-state index >= 15 is 0 Å². The number of rotatable bonds is 0. The summed E-state index contributed by atoms with van der Waals surface area (Å²) >= 11 is 0. The first-order valence-corrected chi connectivity index (χ1v) is 2.35. The van der Waals surface area contributed by atoms with Crippen LogP contribution in [0.5, 0.6) is 0 Å². The zero-order valence-electron chi connectivity index (χ0n) is 4.60. The summed E-state index contributed by atoms with van der Waals surface area (Å²) in [5, 5.41) is 0. The molecule has 0 aromatic carbocycles. The molecule has 1 N–H and O–H groups in total. The summed E-state index contributed by atoms with van der Waals surface area (Å²) in [5.41, 5.74) is 1.73. The molecule has 0 fully saturated rings. The second-order valence-electron chi connectivity index (χ2n) is 1.64. The molecule has 0 aliphatic heterocycles. The minimum atomic E-state index is 0.713. The molecule has 0 bridgehead atoms. The zero-order chi connectivity index (χ0) is 5.98. The molecule has 0 aliphatic rings. The first-order chi connectivity index (χ1) is 3.84. The van der Waals surface area contributed by atoms with Gasteiger partial charge in [-0.1, -0.05) is 0 Å². The molecule has 0 unspecified atom stereocenters. The smallest absolute Gasteiger partial charge is 0.206 e. The third kappa shape index (κ3) is 0.584. The second-order valence-corrected chi connectivity index (χ2v) is 1.64. The van der Waals surface area contributed by atoms with E-state index in [0.717, 1.165) is 5.56 Å². The van der Waals surface area contributed by atoms with Gasteiger partial charge < -0.3 is 4.98 Å². The molecule has 0 saturated carbocycles. The Hall–Kier alpha value is -1.23. The largest absolute Gasteiger partial charge is 0.378 e. The average molecular weight is 106 g/mol. The van der Waals surface area contributed by atoms with Crippen molar-refractivity contribution >= 4 is 5.69 Å². The first kappa shape index (κ1) is 4.92. The van der Waals surface area contributed by atoms with Crippen LogP contribution in [0.25, 0.3) is 4.85 Å². The van der Waals surface area contributed by atoms with E-state index in [2.05, 4.69) is 9.83 Å². The van der Waals surface area contributed by atoms with Crippen molar-refractivity contribution in [2.45, 2.75) is 6.92 Å². The quantitative estimate of drug-likeness (QED) is 0.487. The molecule has 8 heavy (non-hydrogen) atoms. The maximum atomic E-state index is 6.61. The van der Waals surface area contributed by atoms with Gasteiger partial charge in [0.2, 0.25) is 5.69 Å². The Morgan fingerprint density at radius 3 is 2.62 bits per heavy atom. The third-order valence-electron chi connectivity index (χ3n) is 1.04. The van der Waals surface area contributed by atoms with Crippen LogP contribution in [-0.2, 0) is 0 Å². The van der Waals surface area contributed by atoms with Gasteiger partial charge in [0.1, 0.15) is 0 Å². The van der Waals surface area contributed by atoms with Crippen molar-refractivity contribution in [1.82, 2.24) is 4.98 Å². The molecule has 0 atom stereocenters. The molecule has 0 saturated heterocycles. The molecule has 0 aliphatic carbocycles. The van der Waals surface area contributed by atoms with Gasteiger partial charge in [0.05, 0.1) is 6.57 Å². The predicted octanol–water partition coefficient (Wildman–Crippen LogP) is 1.87. The summed E-state index contributed by atoms with van der Waals surface area (Å²) in [6.45, 7) is 8.51. The van der Waals surface area contributed by atoms with Gasteiger partial charge >= 0.3 is 0 Å². The highest BCUT2D eigenvalue weighted by molar-refractivity contribution is 5.49. The van der Waals surface area contributed by atoms with Crippen molar-refractivity contribution in [3.05, 3.63) is 29.4 Å². The third-order valence-corrected chi connectivity index (χ3v) is 1.04. The molecule has 0 radical (unpaired) electrons. The average Bonchev–Trinajstić information content (AvgIpc) is 2.14. The van der Waals surface area contributed by atoms with Crippen LogP contribution in [0.4, 0.5) is 5.69 Å². The summed E-state index contributed by atoms with van der Waals surface area (Å²) in [6.07, 6.45) is 3.51. The lowest BCUT2D eigenvalue weighted by Crippen LogP contribution is -1.55. The van der Waals surface area contributed by atoms with E-state index in [0.29, 0.717) is 5.69 Å². The number of H-pyrrole nitrogens is 1. The monoisotopic (exact) mass is 106 g/mol. The SMILES string of the molecule is [C-]#[N+]c1c[nH]cc1C. The maximum absolute atomic E-state index is 6.61. The molecular formula is C6H6N2. The number of hydrogen-bond acceptors (Lipinski definition) is 0. The summed E-state index contributed by atoms with van der Waals surface area (Å²) in [4.78, 5) is 6.08. The number of aryl methyl sites for hydroxylation is 1. The minimum Gasteiger partial charge on any atom is -0.378 e. The molecule has 1 aromatic rings. The zero-order valence-corrected chi connectivity index (χ0v) is 4.60. The maximum Gasteiger partial charge on any atom is 0.206 e. The normalized spacial score (nSPS) is 8.50. The van der Waals surface area contributed by atoms with Crippen molar-refractivity contribution in [2.24, 2.45) is 0 Å². The van der Waals surface area contributed by atoms with E-state index in [1.54, 1.807) is 6.20 Å². The summed E-state index contributed by atoms with van der Waals surface area (Å²) < 4.78 is 0.